The summed E-state index contributed by atoms with van der Waals surface area (Å²) in [6.45, 7) is 3.64. The molecule has 0 bridgehead atoms. The third-order valence-electron chi connectivity index (χ3n) is 1.84. The van der Waals surface area contributed by atoms with Gasteiger partial charge in [0.1, 0.15) is 0 Å². The zero-order valence-corrected chi connectivity index (χ0v) is 8.12. The number of aliphatic hydroxyl groups is 2. The van der Waals surface area contributed by atoms with Crippen molar-refractivity contribution in [2.45, 2.75) is 32.5 Å². The molecule has 2 N–H and O–H groups in total. The second-order valence-corrected chi connectivity index (χ2v) is 3.96. The van der Waals surface area contributed by atoms with Crippen LogP contribution in [0.4, 0.5) is 0 Å². The van der Waals surface area contributed by atoms with Crippen LogP contribution in [0.5, 0.6) is 0 Å². The van der Waals surface area contributed by atoms with Gasteiger partial charge in [0.15, 0.2) is 0 Å². The van der Waals surface area contributed by atoms with E-state index in [1.54, 1.807) is 13.8 Å². The van der Waals surface area contributed by atoms with Crippen molar-refractivity contribution in [2.24, 2.45) is 0 Å². The molecule has 0 radical (unpaired) electrons. The van der Waals surface area contributed by atoms with E-state index in [-0.39, 0.29) is 6.61 Å². The Labute approximate surface area is 78.8 Å². The molecule has 0 aliphatic carbocycles. The molecule has 0 atom stereocenters. The van der Waals surface area contributed by atoms with Crippen molar-refractivity contribution in [3.63, 3.8) is 0 Å². The van der Waals surface area contributed by atoms with E-state index in [9.17, 15) is 5.11 Å². The highest BCUT2D eigenvalue weighted by molar-refractivity contribution is 5.22. The van der Waals surface area contributed by atoms with Crippen LogP contribution in [0.15, 0.2) is 24.3 Å². The van der Waals surface area contributed by atoms with Crippen LogP contribution < -0.4 is 0 Å². The Morgan fingerprint density at radius 2 is 1.54 bits per heavy atom. The van der Waals surface area contributed by atoms with Crippen LogP contribution in [0.2, 0.25) is 0 Å². The van der Waals surface area contributed by atoms with Crippen LogP contribution in [0.25, 0.3) is 0 Å². The Morgan fingerprint density at radius 1 is 1.08 bits per heavy atom. The third kappa shape index (κ3) is 3.57. The lowest BCUT2D eigenvalue weighted by Crippen LogP contribution is -2.21. The molecule has 0 aliphatic heterocycles. The lowest BCUT2D eigenvalue weighted by atomic mass is 9.98. The number of hydrogen-bond acceptors (Lipinski definition) is 2. The van der Waals surface area contributed by atoms with Crippen molar-refractivity contribution in [3.05, 3.63) is 35.4 Å². The maximum absolute atomic E-state index is 9.55. The number of aliphatic hydroxyl groups excluding tert-OH is 1. The molecule has 0 spiro atoms. The van der Waals surface area contributed by atoms with Crippen LogP contribution >= 0.6 is 0 Å². The Kier molecular flexibility index (Phi) is 3.07. The summed E-state index contributed by atoms with van der Waals surface area (Å²) in [5, 5.41) is 18.4. The monoisotopic (exact) mass is 180 g/mol. The minimum atomic E-state index is -0.666. The molecular formula is C11H16O2. The fraction of sp³-hybridized carbons (Fsp3) is 0.455. The van der Waals surface area contributed by atoms with Crippen molar-refractivity contribution in [1.29, 1.82) is 0 Å². The normalized spacial score (nSPS) is 11.7. The molecule has 72 valence electrons. The molecule has 1 aromatic carbocycles. The van der Waals surface area contributed by atoms with Gasteiger partial charge in [0.25, 0.3) is 0 Å². The van der Waals surface area contributed by atoms with Gasteiger partial charge >= 0.3 is 0 Å². The first-order chi connectivity index (χ1) is 6.01. The van der Waals surface area contributed by atoms with E-state index < -0.39 is 5.60 Å². The first-order valence-corrected chi connectivity index (χ1v) is 4.42. The molecule has 2 heteroatoms. The van der Waals surface area contributed by atoms with Gasteiger partial charge < -0.3 is 10.2 Å². The van der Waals surface area contributed by atoms with Crippen molar-refractivity contribution in [1.82, 2.24) is 0 Å². The summed E-state index contributed by atoms with van der Waals surface area (Å²) in [5.74, 6) is 0. The molecule has 0 amide bonds. The van der Waals surface area contributed by atoms with E-state index in [0.717, 1.165) is 11.1 Å². The molecule has 0 unspecified atom stereocenters. The largest absolute Gasteiger partial charge is 0.392 e. The molecular weight excluding hydrogens is 164 g/mol. The molecule has 1 rings (SSSR count). The Hall–Kier alpha value is -0.860. The lowest BCUT2D eigenvalue weighted by Gasteiger charge is -2.16. The predicted octanol–water partition coefficient (Wildman–Crippen LogP) is 1.49. The maximum Gasteiger partial charge on any atom is 0.0681 e. The number of rotatable bonds is 3. The van der Waals surface area contributed by atoms with Gasteiger partial charge in [-0.25, -0.2) is 0 Å². The SMILES string of the molecule is CC(C)(O)Cc1ccc(CO)cc1. The Bertz CT molecular complexity index is 256. The fourth-order valence-electron chi connectivity index (χ4n) is 1.26. The van der Waals surface area contributed by atoms with Crippen LogP contribution in [0.1, 0.15) is 25.0 Å². The Morgan fingerprint density at radius 3 is 1.92 bits per heavy atom. The summed E-state index contributed by atoms with van der Waals surface area (Å²) in [6.07, 6.45) is 0.638. The van der Waals surface area contributed by atoms with Crippen LogP contribution in [-0.4, -0.2) is 15.8 Å². The van der Waals surface area contributed by atoms with Crippen molar-refractivity contribution < 1.29 is 10.2 Å². The number of benzene rings is 1. The van der Waals surface area contributed by atoms with Gasteiger partial charge in [-0.05, 0) is 25.0 Å². The van der Waals surface area contributed by atoms with Crippen LogP contribution in [0, 0.1) is 0 Å². The molecule has 0 aliphatic rings. The summed E-state index contributed by atoms with van der Waals surface area (Å²) < 4.78 is 0. The quantitative estimate of drug-likeness (QED) is 0.740. The summed E-state index contributed by atoms with van der Waals surface area (Å²) in [4.78, 5) is 0. The van der Waals surface area contributed by atoms with Crippen LogP contribution in [0.3, 0.4) is 0 Å². The second kappa shape index (κ2) is 3.90. The van der Waals surface area contributed by atoms with E-state index in [1.165, 1.54) is 0 Å². The van der Waals surface area contributed by atoms with Gasteiger partial charge in [-0.15, -0.1) is 0 Å². The smallest absolute Gasteiger partial charge is 0.0681 e. The maximum atomic E-state index is 9.55. The van der Waals surface area contributed by atoms with Crippen LogP contribution in [-0.2, 0) is 13.0 Å². The van der Waals surface area contributed by atoms with E-state index in [1.807, 2.05) is 24.3 Å². The van der Waals surface area contributed by atoms with Gasteiger partial charge in [0.05, 0.1) is 12.2 Å². The van der Waals surface area contributed by atoms with E-state index in [4.69, 9.17) is 5.11 Å². The van der Waals surface area contributed by atoms with Gasteiger partial charge in [0.2, 0.25) is 0 Å². The fourth-order valence-corrected chi connectivity index (χ4v) is 1.26. The molecule has 0 heterocycles. The highest BCUT2D eigenvalue weighted by Crippen LogP contribution is 2.12. The van der Waals surface area contributed by atoms with Crippen molar-refractivity contribution in [3.8, 4) is 0 Å². The number of hydrogen-bond donors (Lipinski definition) is 2. The highest BCUT2D eigenvalue weighted by atomic mass is 16.3. The second-order valence-electron chi connectivity index (χ2n) is 3.96. The minimum absolute atomic E-state index is 0.0722. The molecule has 2 nitrogen and oxygen atoms in total. The molecule has 0 fully saturated rings. The standard InChI is InChI=1S/C11H16O2/c1-11(2,13)7-9-3-5-10(8-12)6-4-9/h3-6,12-13H,7-8H2,1-2H3. The minimum Gasteiger partial charge on any atom is -0.392 e. The van der Waals surface area contributed by atoms with Gasteiger partial charge in [-0.3, -0.25) is 0 Å². The zero-order valence-electron chi connectivity index (χ0n) is 8.12. The first-order valence-electron chi connectivity index (χ1n) is 4.42. The predicted molar refractivity (Wildman–Crippen MR) is 52.4 cm³/mol. The average molecular weight is 180 g/mol. The third-order valence-corrected chi connectivity index (χ3v) is 1.84. The van der Waals surface area contributed by atoms with Gasteiger partial charge in [0, 0.05) is 6.42 Å². The summed E-state index contributed by atoms with van der Waals surface area (Å²) in [6, 6.07) is 7.62. The van der Waals surface area contributed by atoms with E-state index >= 15 is 0 Å². The van der Waals surface area contributed by atoms with Gasteiger partial charge in [-0.2, -0.15) is 0 Å². The molecule has 13 heavy (non-hydrogen) atoms. The summed E-state index contributed by atoms with van der Waals surface area (Å²) in [7, 11) is 0. The lowest BCUT2D eigenvalue weighted by molar-refractivity contribution is 0.0810. The molecule has 0 saturated carbocycles. The molecule has 0 aromatic heterocycles. The zero-order chi connectivity index (χ0) is 9.90. The average Bonchev–Trinajstić information content (AvgIpc) is 2.03. The summed E-state index contributed by atoms with van der Waals surface area (Å²) >= 11 is 0. The van der Waals surface area contributed by atoms with E-state index in [2.05, 4.69) is 0 Å². The highest BCUT2D eigenvalue weighted by Gasteiger charge is 2.12. The van der Waals surface area contributed by atoms with Crippen molar-refractivity contribution in [2.75, 3.05) is 0 Å². The molecule has 0 saturated heterocycles. The van der Waals surface area contributed by atoms with Crippen molar-refractivity contribution >= 4 is 0 Å². The molecule has 1 aromatic rings. The van der Waals surface area contributed by atoms with E-state index in [0.29, 0.717) is 6.42 Å². The summed E-state index contributed by atoms with van der Waals surface area (Å²) in [5.41, 5.74) is 1.32. The topological polar surface area (TPSA) is 40.5 Å². The van der Waals surface area contributed by atoms with Gasteiger partial charge in [-0.1, -0.05) is 24.3 Å². The Balaban J connectivity index is 2.70. The first kappa shape index (κ1) is 10.2.